The van der Waals surface area contributed by atoms with E-state index in [1.165, 1.54) is 41.3 Å². The predicted molar refractivity (Wildman–Crippen MR) is 151 cm³/mol. The summed E-state index contributed by atoms with van der Waals surface area (Å²) < 4.78 is 42.4. The van der Waals surface area contributed by atoms with Crippen LogP contribution in [-0.2, 0) is 26.2 Å². The van der Waals surface area contributed by atoms with E-state index in [0.29, 0.717) is 17.8 Å². The number of sulfonamides is 1. The van der Waals surface area contributed by atoms with E-state index in [1.54, 1.807) is 31.2 Å². The van der Waals surface area contributed by atoms with Crippen molar-refractivity contribution in [1.29, 1.82) is 0 Å². The van der Waals surface area contributed by atoms with Crippen LogP contribution < -0.4 is 9.62 Å². The third-order valence-corrected chi connectivity index (χ3v) is 8.44. The fraction of sp³-hybridized carbons (Fsp3) is 0.333. The van der Waals surface area contributed by atoms with Gasteiger partial charge in [0.2, 0.25) is 11.8 Å². The first-order valence-corrected chi connectivity index (χ1v) is 14.4. The molecule has 3 aromatic carbocycles. The van der Waals surface area contributed by atoms with Crippen molar-refractivity contribution in [3.63, 3.8) is 0 Å². The molecule has 0 spiro atoms. The number of hydrogen-bond donors (Lipinski definition) is 1. The Labute approximate surface area is 230 Å². The van der Waals surface area contributed by atoms with Gasteiger partial charge in [-0.1, -0.05) is 42.8 Å². The standard InChI is InChI=1S/C30H36FN3O4S/c1-6-17-32-30(36)24(5)33(19-25-10-12-26(31)13-11-25)29(35)20-34(27-14-9-22(3)23(4)18-27)39(37,38)28-15-7-21(2)8-16-28/h7-16,18,24H,6,17,19-20H2,1-5H3,(H,32,36)/t24-/m1/s1. The van der Waals surface area contributed by atoms with E-state index in [-0.39, 0.29) is 17.3 Å². The van der Waals surface area contributed by atoms with E-state index in [2.05, 4.69) is 5.32 Å². The smallest absolute Gasteiger partial charge is 0.264 e. The molecule has 39 heavy (non-hydrogen) atoms. The molecule has 9 heteroatoms. The first-order chi connectivity index (χ1) is 18.4. The molecule has 0 heterocycles. The van der Waals surface area contributed by atoms with Gasteiger partial charge in [-0.05, 0) is 87.2 Å². The molecule has 0 saturated heterocycles. The molecule has 7 nitrogen and oxygen atoms in total. The number of rotatable bonds is 11. The molecular formula is C30H36FN3O4S. The van der Waals surface area contributed by atoms with Crippen LogP contribution in [0.4, 0.5) is 10.1 Å². The minimum Gasteiger partial charge on any atom is -0.354 e. The van der Waals surface area contributed by atoms with Crippen LogP contribution in [0.25, 0.3) is 0 Å². The van der Waals surface area contributed by atoms with Gasteiger partial charge in [-0.3, -0.25) is 13.9 Å². The number of hydrogen-bond acceptors (Lipinski definition) is 4. The van der Waals surface area contributed by atoms with E-state index < -0.39 is 34.3 Å². The van der Waals surface area contributed by atoms with E-state index in [9.17, 15) is 22.4 Å². The number of nitrogens with zero attached hydrogens (tertiary/aromatic N) is 2. The molecular weight excluding hydrogens is 517 g/mol. The summed E-state index contributed by atoms with van der Waals surface area (Å²) in [4.78, 5) is 28.1. The highest BCUT2D eigenvalue weighted by Crippen LogP contribution is 2.27. The Kier molecular flexibility index (Phi) is 9.86. The number of nitrogens with one attached hydrogen (secondary N) is 1. The number of carbonyl (C=O) groups is 2. The third-order valence-electron chi connectivity index (χ3n) is 6.65. The topological polar surface area (TPSA) is 86.8 Å². The van der Waals surface area contributed by atoms with Gasteiger partial charge in [-0.25, -0.2) is 12.8 Å². The summed E-state index contributed by atoms with van der Waals surface area (Å²) in [5.41, 5.74) is 3.72. The van der Waals surface area contributed by atoms with Crippen molar-refractivity contribution in [3.05, 3.63) is 94.8 Å². The Morgan fingerprint density at radius 1 is 0.923 bits per heavy atom. The van der Waals surface area contributed by atoms with Crippen LogP contribution in [-0.4, -0.2) is 44.3 Å². The molecule has 1 N–H and O–H groups in total. The number of aryl methyl sites for hydroxylation is 3. The first kappa shape index (κ1) is 29.8. The van der Waals surface area contributed by atoms with Crippen LogP contribution in [0.3, 0.4) is 0 Å². The Morgan fingerprint density at radius 2 is 1.56 bits per heavy atom. The molecule has 3 rings (SSSR count). The molecule has 0 unspecified atom stereocenters. The van der Waals surface area contributed by atoms with E-state index in [4.69, 9.17) is 0 Å². The van der Waals surface area contributed by atoms with E-state index >= 15 is 0 Å². The highest BCUT2D eigenvalue weighted by atomic mass is 32.2. The van der Waals surface area contributed by atoms with Gasteiger partial charge in [0.25, 0.3) is 10.0 Å². The molecule has 0 aromatic heterocycles. The van der Waals surface area contributed by atoms with E-state index in [1.807, 2.05) is 33.8 Å². The van der Waals surface area contributed by atoms with Crippen LogP contribution in [0, 0.1) is 26.6 Å². The lowest BCUT2D eigenvalue weighted by Crippen LogP contribution is -2.51. The summed E-state index contributed by atoms with van der Waals surface area (Å²) in [5, 5.41) is 2.80. The van der Waals surface area contributed by atoms with Gasteiger partial charge in [-0.2, -0.15) is 0 Å². The van der Waals surface area contributed by atoms with Crippen LogP contribution in [0.2, 0.25) is 0 Å². The molecule has 3 aromatic rings. The highest BCUT2D eigenvalue weighted by Gasteiger charge is 2.32. The van der Waals surface area contributed by atoms with Gasteiger partial charge in [0.1, 0.15) is 18.4 Å². The van der Waals surface area contributed by atoms with Gasteiger partial charge in [0, 0.05) is 13.1 Å². The van der Waals surface area contributed by atoms with Crippen molar-refractivity contribution in [2.24, 2.45) is 0 Å². The summed E-state index contributed by atoms with van der Waals surface area (Å²) in [6, 6.07) is 16.4. The second kappa shape index (κ2) is 12.9. The fourth-order valence-electron chi connectivity index (χ4n) is 4.01. The van der Waals surface area contributed by atoms with Crippen LogP contribution >= 0.6 is 0 Å². The molecule has 0 aliphatic rings. The second-order valence-corrected chi connectivity index (χ2v) is 11.6. The number of benzene rings is 3. The van der Waals surface area contributed by atoms with Gasteiger partial charge < -0.3 is 10.2 Å². The third kappa shape index (κ3) is 7.44. The molecule has 0 aliphatic heterocycles. The van der Waals surface area contributed by atoms with Crippen molar-refractivity contribution in [3.8, 4) is 0 Å². The van der Waals surface area contributed by atoms with Gasteiger partial charge in [0.05, 0.1) is 10.6 Å². The van der Waals surface area contributed by atoms with Crippen LogP contribution in [0.15, 0.2) is 71.6 Å². The van der Waals surface area contributed by atoms with Crippen molar-refractivity contribution in [2.75, 3.05) is 17.4 Å². The summed E-state index contributed by atoms with van der Waals surface area (Å²) >= 11 is 0. The van der Waals surface area contributed by atoms with Gasteiger partial charge in [0.15, 0.2) is 0 Å². The quantitative estimate of drug-likeness (QED) is 0.366. The summed E-state index contributed by atoms with van der Waals surface area (Å²) in [5.74, 6) is -1.34. The molecule has 0 radical (unpaired) electrons. The Bertz CT molecular complexity index is 1410. The summed E-state index contributed by atoms with van der Waals surface area (Å²) in [6.45, 7) is 9.10. The Balaban J connectivity index is 2.04. The summed E-state index contributed by atoms with van der Waals surface area (Å²) in [7, 11) is -4.13. The SMILES string of the molecule is CCCNC(=O)[C@@H](C)N(Cc1ccc(F)cc1)C(=O)CN(c1ccc(C)c(C)c1)S(=O)(=O)c1ccc(C)cc1. The largest absolute Gasteiger partial charge is 0.354 e. The van der Waals surface area contributed by atoms with Crippen LogP contribution in [0.5, 0.6) is 0 Å². The number of halogens is 1. The zero-order chi connectivity index (χ0) is 28.7. The zero-order valence-corrected chi connectivity index (χ0v) is 23.9. The van der Waals surface area contributed by atoms with E-state index in [0.717, 1.165) is 27.4 Å². The average molecular weight is 554 g/mol. The van der Waals surface area contributed by atoms with Crippen molar-refractivity contribution in [2.45, 2.75) is 58.5 Å². The molecule has 208 valence electrons. The van der Waals surface area contributed by atoms with Crippen molar-refractivity contribution < 1.29 is 22.4 Å². The monoisotopic (exact) mass is 553 g/mol. The fourth-order valence-corrected chi connectivity index (χ4v) is 5.42. The molecule has 2 amide bonds. The minimum atomic E-state index is -4.13. The Hall–Kier alpha value is -3.72. The molecule has 0 aliphatic carbocycles. The normalized spacial score (nSPS) is 12.1. The van der Waals surface area contributed by atoms with Gasteiger partial charge in [-0.15, -0.1) is 0 Å². The lowest BCUT2D eigenvalue weighted by molar-refractivity contribution is -0.139. The van der Waals surface area contributed by atoms with Gasteiger partial charge >= 0.3 is 0 Å². The second-order valence-electron chi connectivity index (χ2n) is 9.71. The average Bonchev–Trinajstić information content (AvgIpc) is 2.91. The number of amides is 2. The lowest BCUT2D eigenvalue weighted by Gasteiger charge is -2.32. The summed E-state index contributed by atoms with van der Waals surface area (Å²) in [6.07, 6.45) is 0.722. The lowest BCUT2D eigenvalue weighted by atomic mass is 10.1. The van der Waals surface area contributed by atoms with Crippen molar-refractivity contribution in [1.82, 2.24) is 10.2 Å². The highest BCUT2D eigenvalue weighted by molar-refractivity contribution is 7.92. The molecule has 0 fully saturated rings. The maximum Gasteiger partial charge on any atom is 0.264 e. The first-order valence-electron chi connectivity index (χ1n) is 12.9. The molecule has 1 atom stereocenters. The number of carbonyl (C=O) groups excluding carboxylic acids is 2. The minimum absolute atomic E-state index is 0.00513. The molecule has 0 bridgehead atoms. The maximum absolute atomic E-state index is 13.9. The maximum atomic E-state index is 13.9. The van der Waals surface area contributed by atoms with Crippen molar-refractivity contribution >= 4 is 27.5 Å². The number of anilines is 1. The molecule has 0 saturated carbocycles. The Morgan fingerprint density at radius 3 is 2.15 bits per heavy atom. The zero-order valence-electron chi connectivity index (χ0n) is 23.1. The predicted octanol–water partition coefficient (Wildman–Crippen LogP) is 4.89. The van der Waals surface area contributed by atoms with Crippen LogP contribution in [0.1, 0.15) is 42.5 Å².